The summed E-state index contributed by atoms with van der Waals surface area (Å²) in [6.07, 6.45) is 3.33. The Morgan fingerprint density at radius 1 is 0.921 bits per heavy atom. The summed E-state index contributed by atoms with van der Waals surface area (Å²) in [7, 11) is 0. The van der Waals surface area contributed by atoms with Crippen LogP contribution in [0.3, 0.4) is 0 Å². The molecule has 198 valence electrons. The monoisotopic (exact) mass is 511 g/mol. The van der Waals surface area contributed by atoms with Crippen molar-refractivity contribution in [2.24, 2.45) is 5.92 Å². The highest BCUT2D eigenvalue weighted by Crippen LogP contribution is 2.44. The maximum Gasteiger partial charge on any atom is 0.407 e. The van der Waals surface area contributed by atoms with Crippen LogP contribution in [0.2, 0.25) is 0 Å². The molecule has 1 aliphatic carbocycles. The molecule has 0 aliphatic heterocycles. The Hall–Kier alpha value is -3.86. The fourth-order valence-corrected chi connectivity index (χ4v) is 5.10. The maximum atomic E-state index is 13.2. The third-order valence-corrected chi connectivity index (χ3v) is 6.94. The lowest BCUT2D eigenvalue weighted by molar-refractivity contribution is -0.152. The molecule has 0 saturated carbocycles. The lowest BCUT2D eigenvalue weighted by Crippen LogP contribution is -2.44. The molecule has 0 bridgehead atoms. The van der Waals surface area contributed by atoms with E-state index in [-0.39, 0.29) is 24.5 Å². The Labute approximate surface area is 225 Å². The van der Waals surface area contributed by atoms with Crippen molar-refractivity contribution >= 4 is 12.1 Å². The lowest BCUT2D eigenvalue weighted by Gasteiger charge is -2.23. The molecule has 3 aromatic rings. The summed E-state index contributed by atoms with van der Waals surface area (Å²) >= 11 is 0. The van der Waals surface area contributed by atoms with Gasteiger partial charge in [0.2, 0.25) is 0 Å². The molecule has 0 radical (unpaired) electrons. The van der Waals surface area contributed by atoms with Gasteiger partial charge in [-0.25, -0.2) is 9.59 Å². The number of fused-ring (bicyclic) bond motifs is 3. The first kappa shape index (κ1) is 27.2. The van der Waals surface area contributed by atoms with Gasteiger partial charge in [-0.05, 0) is 53.0 Å². The second kappa shape index (κ2) is 13.1. The Morgan fingerprint density at radius 3 is 2.13 bits per heavy atom. The van der Waals surface area contributed by atoms with Gasteiger partial charge in [0.1, 0.15) is 18.8 Å². The number of aryl methyl sites for hydroxylation is 1. The molecule has 1 amide bonds. The van der Waals surface area contributed by atoms with Crippen LogP contribution >= 0.6 is 0 Å². The second-order valence-electron chi connectivity index (χ2n) is 10.3. The van der Waals surface area contributed by atoms with Gasteiger partial charge in [0.15, 0.2) is 0 Å². The first-order valence-corrected chi connectivity index (χ1v) is 13.4. The molecule has 5 nitrogen and oxygen atoms in total. The highest BCUT2D eigenvalue weighted by molar-refractivity contribution is 5.82. The van der Waals surface area contributed by atoms with Gasteiger partial charge in [-0.3, -0.25) is 0 Å². The van der Waals surface area contributed by atoms with Crippen LogP contribution in [0.15, 0.2) is 91.5 Å². The first-order valence-electron chi connectivity index (χ1n) is 13.4. The first-order chi connectivity index (χ1) is 18.5. The van der Waals surface area contributed by atoms with Gasteiger partial charge >= 0.3 is 12.1 Å². The van der Waals surface area contributed by atoms with E-state index in [0.29, 0.717) is 19.3 Å². The van der Waals surface area contributed by atoms with Crippen molar-refractivity contribution < 1.29 is 19.1 Å². The van der Waals surface area contributed by atoms with Crippen molar-refractivity contribution in [2.75, 3.05) is 6.61 Å². The molecule has 0 saturated heterocycles. The zero-order valence-electron chi connectivity index (χ0n) is 22.3. The summed E-state index contributed by atoms with van der Waals surface area (Å²) in [4.78, 5) is 26.1. The van der Waals surface area contributed by atoms with E-state index >= 15 is 0 Å². The minimum Gasteiger partial charge on any atom is -0.461 e. The Morgan fingerprint density at radius 2 is 1.53 bits per heavy atom. The van der Waals surface area contributed by atoms with Crippen molar-refractivity contribution in [1.82, 2.24) is 5.32 Å². The fourth-order valence-electron chi connectivity index (χ4n) is 5.10. The van der Waals surface area contributed by atoms with Crippen LogP contribution in [0, 0.1) is 5.92 Å². The SMILES string of the molecule is C=CCC(CCc1ccccc1)OC(=O)[C@H](CC(C)C)NC(=O)OCC1c2ccccc2-c2ccccc21. The second-order valence-corrected chi connectivity index (χ2v) is 10.3. The summed E-state index contributed by atoms with van der Waals surface area (Å²) < 4.78 is 11.6. The average molecular weight is 512 g/mol. The van der Waals surface area contributed by atoms with Crippen LogP contribution < -0.4 is 5.32 Å². The van der Waals surface area contributed by atoms with Crippen molar-refractivity contribution in [1.29, 1.82) is 0 Å². The Kier molecular flexibility index (Phi) is 9.36. The number of ether oxygens (including phenoxy) is 2. The molecule has 0 spiro atoms. The van der Waals surface area contributed by atoms with Crippen molar-refractivity contribution in [3.8, 4) is 11.1 Å². The van der Waals surface area contributed by atoms with Crippen LogP contribution in [0.1, 0.15) is 55.7 Å². The largest absolute Gasteiger partial charge is 0.461 e. The fraction of sp³-hybridized carbons (Fsp3) is 0.333. The molecule has 1 N–H and O–H groups in total. The van der Waals surface area contributed by atoms with Crippen LogP contribution in [-0.2, 0) is 20.7 Å². The molecule has 0 fully saturated rings. The quantitative estimate of drug-likeness (QED) is 0.209. The number of hydrogen-bond acceptors (Lipinski definition) is 4. The number of hydrogen-bond donors (Lipinski definition) is 1. The minimum atomic E-state index is -0.783. The molecule has 0 heterocycles. The van der Waals surface area contributed by atoms with Crippen molar-refractivity contribution in [3.63, 3.8) is 0 Å². The maximum absolute atomic E-state index is 13.2. The van der Waals surface area contributed by atoms with Gasteiger partial charge in [0, 0.05) is 12.3 Å². The van der Waals surface area contributed by atoms with Gasteiger partial charge in [-0.2, -0.15) is 0 Å². The number of carbonyl (C=O) groups is 2. The van der Waals surface area contributed by atoms with Crippen LogP contribution in [0.5, 0.6) is 0 Å². The van der Waals surface area contributed by atoms with E-state index in [0.717, 1.165) is 17.5 Å². The van der Waals surface area contributed by atoms with E-state index in [2.05, 4.69) is 48.3 Å². The standard InChI is InChI=1S/C33H37NO4/c1-4-12-25(20-19-24-13-6-5-7-14-24)38-32(35)31(21-23(2)3)34-33(36)37-22-30-28-17-10-8-15-26(28)27-16-9-11-18-29(27)30/h4-11,13-18,23,25,30-31H,1,12,19-22H2,2-3H3,(H,34,36)/t25?,31-/m0/s1. The van der Waals surface area contributed by atoms with Crippen LogP contribution in [0.25, 0.3) is 11.1 Å². The van der Waals surface area contributed by atoms with Gasteiger partial charge in [0.25, 0.3) is 0 Å². The Bertz CT molecular complexity index is 1190. The minimum absolute atomic E-state index is 0.0430. The van der Waals surface area contributed by atoms with E-state index in [1.807, 2.05) is 56.3 Å². The van der Waals surface area contributed by atoms with Crippen molar-refractivity contribution in [2.45, 2.75) is 57.6 Å². The summed E-state index contributed by atoms with van der Waals surface area (Å²) in [6, 6.07) is 25.7. The van der Waals surface area contributed by atoms with Crippen molar-refractivity contribution in [3.05, 3.63) is 108 Å². The molecular weight excluding hydrogens is 474 g/mol. The number of carbonyl (C=O) groups excluding carboxylic acids is 2. The average Bonchev–Trinajstić information content (AvgIpc) is 3.24. The molecule has 1 aliphatic rings. The van der Waals surface area contributed by atoms with E-state index in [1.165, 1.54) is 16.7 Å². The zero-order chi connectivity index (χ0) is 26.9. The highest BCUT2D eigenvalue weighted by atomic mass is 16.6. The molecule has 4 rings (SSSR count). The summed E-state index contributed by atoms with van der Waals surface area (Å²) in [5, 5.41) is 2.78. The summed E-state index contributed by atoms with van der Waals surface area (Å²) in [5.41, 5.74) is 5.81. The lowest BCUT2D eigenvalue weighted by atomic mass is 9.98. The summed E-state index contributed by atoms with van der Waals surface area (Å²) in [5.74, 6) is -0.297. The third kappa shape index (κ3) is 6.91. The molecule has 1 unspecified atom stereocenters. The number of alkyl carbamates (subject to hydrolysis) is 1. The zero-order valence-corrected chi connectivity index (χ0v) is 22.3. The van der Waals surface area contributed by atoms with Crippen LogP contribution in [0.4, 0.5) is 4.79 Å². The predicted molar refractivity (Wildman–Crippen MR) is 151 cm³/mol. The number of nitrogens with one attached hydrogen (secondary N) is 1. The topological polar surface area (TPSA) is 64.6 Å². The molecule has 38 heavy (non-hydrogen) atoms. The van der Waals surface area contributed by atoms with Crippen LogP contribution in [-0.4, -0.2) is 30.8 Å². The summed E-state index contributed by atoms with van der Waals surface area (Å²) in [6.45, 7) is 8.03. The van der Waals surface area contributed by atoms with Gasteiger partial charge in [-0.15, -0.1) is 6.58 Å². The van der Waals surface area contributed by atoms with Gasteiger partial charge in [-0.1, -0.05) is 98.8 Å². The number of rotatable bonds is 12. The Balaban J connectivity index is 1.37. The highest BCUT2D eigenvalue weighted by Gasteiger charge is 2.30. The molecule has 2 atom stereocenters. The molecule has 0 aromatic heterocycles. The number of esters is 1. The normalized spacial score (nSPS) is 13.8. The van der Waals surface area contributed by atoms with Gasteiger partial charge < -0.3 is 14.8 Å². The predicted octanol–water partition coefficient (Wildman–Crippen LogP) is 7.06. The van der Waals surface area contributed by atoms with E-state index < -0.39 is 18.1 Å². The smallest absolute Gasteiger partial charge is 0.407 e. The molecule has 3 aromatic carbocycles. The van der Waals surface area contributed by atoms with E-state index in [4.69, 9.17) is 9.47 Å². The van der Waals surface area contributed by atoms with Gasteiger partial charge in [0.05, 0.1) is 0 Å². The third-order valence-electron chi connectivity index (χ3n) is 6.94. The number of amides is 1. The molecular formula is C33H37NO4. The van der Waals surface area contributed by atoms with E-state index in [9.17, 15) is 9.59 Å². The van der Waals surface area contributed by atoms with E-state index in [1.54, 1.807) is 6.08 Å². The number of benzene rings is 3. The molecule has 5 heteroatoms.